The maximum atomic E-state index is 12.6. The minimum atomic E-state index is -0.304. The highest BCUT2D eigenvalue weighted by Gasteiger charge is 2.17. The molecule has 124 valence electrons. The molecule has 3 aromatic rings. The Morgan fingerprint density at radius 1 is 1.17 bits per heavy atom. The van der Waals surface area contributed by atoms with Crippen molar-refractivity contribution in [2.75, 3.05) is 12.4 Å². The summed E-state index contributed by atoms with van der Waals surface area (Å²) in [5, 5.41) is 4.04. The van der Waals surface area contributed by atoms with Crippen LogP contribution in [0.4, 0.5) is 5.69 Å². The van der Waals surface area contributed by atoms with Gasteiger partial charge in [0.2, 0.25) is 5.91 Å². The van der Waals surface area contributed by atoms with Crippen molar-refractivity contribution in [2.45, 2.75) is 26.3 Å². The molecule has 0 bridgehead atoms. The third-order valence-corrected chi connectivity index (χ3v) is 4.35. The van der Waals surface area contributed by atoms with Crippen LogP contribution in [-0.2, 0) is 11.2 Å². The zero-order valence-corrected chi connectivity index (χ0v) is 14.2. The first-order valence-corrected chi connectivity index (χ1v) is 8.16. The highest BCUT2D eigenvalue weighted by atomic mass is 16.5. The fraction of sp³-hybridized carbons (Fsp3) is 0.250. The van der Waals surface area contributed by atoms with Gasteiger partial charge in [-0.2, -0.15) is 0 Å². The van der Waals surface area contributed by atoms with E-state index in [9.17, 15) is 4.79 Å². The van der Waals surface area contributed by atoms with Gasteiger partial charge in [-0.1, -0.05) is 19.1 Å². The first-order chi connectivity index (χ1) is 11.6. The lowest BCUT2D eigenvalue weighted by Gasteiger charge is -2.16. The van der Waals surface area contributed by atoms with Gasteiger partial charge in [0.1, 0.15) is 11.8 Å². The van der Waals surface area contributed by atoms with Gasteiger partial charge in [0, 0.05) is 22.8 Å². The molecule has 3 rings (SSSR count). The predicted octanol–water partition coefficient (Wildman–Crippen LogP) is 4.41. The number of anilines is 1. The number of ether oxygens (including phenoxy) is 1. The van der Waals surface area contributed by atoms with E-state index in [1.165, 1.54) is 5.56 Å². The van der Waals surface area contributed by atoms with Crippen molar-refractivity contribution in [1.29, 1.82) is 0 Å². The van der Waals surface area contributed by atoms with Gasteiger partial charge < -0.3 is 14.6 Å². The Bertz CT molecular complexity index is 850. The van der Waals surface area contributed by atoms with E-state index in [-0.39, 0.29) is 11.9 Å². The number of hydrogen-bond acceptors (Lipinski definition) is 2. The topological polar surface area (TPSA) is 43.3 Å². The molecular formula is C20H22N2O2. The average molecular weight is 322 g/mol. The summed E-state index contributed by atoms with van der Waals surface area (Å²) in [5.74, 6) is 0.779. The molecule has 2 aromatic carbocycles. The number of hydrogen-bond donors (Lipinski definition) is 1. The van der Waals surface area contributed by atoms with Crippen molar-refractivity contribution in [3.05, 3.63) is 60.3 Å². The smallest absolute Gasteiger partial charge is 0.247 e. The first kappa shape index (κ1) is 16.1. The Morgan fingerprint density at radius 2 is 1.92 bits per heavy atom. The molecule has 1 heterocycles. The van der Waals surface area contributed by atoms with Crippen LogP contribution in [0.2, 0.25) is 0 Å². The molecule has 4 heteroatoms. The van der Waals surface area contributed by atoms with Crippen molar-refractivity contribution in [1.82, 2.24) is 4.57 Å². The van der Waals surface area contributed by atoms with E-state index in [0.29, 0.717) is 0 Å². The summed E-state index contributed by atoms with van der Waals surface area (Å²) in [6, 6.07) is 15.5. The highest BCUT2D eigenvalue weighted by molar-refractivity contribution is 5.95. The SMILES string of the molecule is CCc1ccc(NC(=O)C(C)n2ccc3cc(OC)ccc32)cc1. The van der Waals surface area contributed by atoms with Crippen molar-refractivity contribution >= 4 is 22.5 Å². The van der Waals surface area contributed by atoms with Crippen LogP contribution in [-0.4, -0.2) is 17.6 Å². The lowest BCUT2D eigenvalue weighted by atomic mass is 10.1. The molecule has 1 aromatic heterocycles. The number of aryl methyl sites for hydroxylation is 1. The number of amides is 1. The Labute approximate surface area is 142 Å². The number of nitrogens with one attached hydrogen (secondary N) is 1. The van der Waals surface area contributed by atoms with Crippen LogP contribution in [0.5, 0.6) is 5.75 Å². The summed E-state index contributed by atoms with van der Waals surface area (Å²) < 4.78 is 7.23. The fourth-order valence-corrected chi connectivity index (χ4v) is 2.80. The van der Waals surface area contributed by atoms with Crippen LogP contribution < -0.4 is 10.1 Å². The Morgan fingerprint density at radius 3 is 2.58 bits per heavy atom. The number of nitrogens with zero attached hydrogens (tertiary/aromatic N) is 1. The molecule has 1 amide bonds. The van der Waals surface area contributed by atoms with Crippen LogP contribution in [0.25, 0.3) is 10.9 Å². The fourth-order valence-electron chi connectivity index (χ4n) is 2.80. The number of carbonyl (C=O) groups is 1. The molecule has 1 atom stereocenters. The summed E-state index contributed by atoms with van der Waals surface area (Å²) in [5.41, 5.74) is 3.09. The van der Waals surface area contributed by atoms with E-state index in [0.717, 1.165) is 28.8 Å². The third-order valence-electron chi connectivity index (χ3n) is 4.35. The van der Waals surface area contributed by atoms with Gasteiger partial charge in [-0.3, -0.25) is 4.79 Å². The van der Waals surface area contributed by atoms with E-state index in [2.05, 4.69) is 12.2 Å². The number of methoxy groups -OCH3 is 1. The molecule has 0 saturated carbocycles. The Kier molecular flexibility index (Phi) is 4.56. The van der Waals surface area contributed by atoms with E-state index in [4.69, 9.17) is 4.74 Å². The molecule has 0 aliphatic carbocycles. The zero-order valence-electron chi connectivity index (χ0n) is 14.2. The summed E-state index contributed by atoms with van der Waals surface area (Å²) in [6.07, 6.45) is 2.93. The minimum absolute atomic E-state index is 0.0347. The van der Waals surface area contributed by atoms with Gasteiger partial charge in [0.25, 0.3) is 0 Å². The van der Waals surface area contributed by atoms with Crippen molar-refractivity contribution < 1.29 is 9.53 Å². The third kappa shape index (κ3) is 3.13. The van der Waals surface area contributed by atoms with Crippen LogP contribution in [0, 0.1) is 0 Å². The van der Waals surface area contributed by atoms with Crippen molar-refractivity contribution in [2.24, 2.45) is 0 Å². The van der Waals surface area contributed by atoms with Crippen LogP contribution in [0.15, 0.2) is 54.7 Å². The second-order valence-electron chi connectivity index (χ2n) is 5.86. The number of rotatable bonds is 5. The maximum absolute atomic E-state index is 12.6. The molecule has 24 heavy (non-hydrogen) atoms. The number of benzene rings is 2. The van der Waals surface area contributed by atoms with Crippen LogP contribution in [0.1, 0.15) is 25.5 Å². The van der Waals surface area contributed by atoms with E-state index in [1.807, 2.05) is 66.2 Å². The first-order valence-electron chi connectivity index (χ1n) is 8.16. The van der Waals surface area contributed by atoms with Crippen molar-refractivity contribution in [3.8, 4) is 5.75 Å². The summed E-state index contributed by atoms with van der Waals surface area (Å²) in [7, 11) is 1.65. The molecule has 0 aliphatic rings. The molecule has 4 nitrogen and oxygen atoms in total. The molecule has 1 N–H and O–H groups in total. The monoisotopic (exact) mass is 322 g/mol. The van der Waals surface area contributed by atoms with Gasteiger partial charge >= 0.3 is 0 Å². The maximum Gasteiger partial charge on any atom is 0.247 e. The lowest BCUT2D eigenvalue weighted by molar-refractivity contribution is -0.118. The lowest BCUT2D eigenvalue weighted by Crippen LogP contribution is -2.23. The van der Waals surface area contributed by atoms with Gasteiger partial charge in [0.05, 0.1) is 7.11 Å². The highest BCUT2D eigenvalue weighted by Crippen LogP contribution is 2.25. The number of carbonyl (C=O) groups excluding carboxylic acids is 1. The molecule has 0 spiro atoms. The molecular weight excluding hydrogens is 300 g/mol. The Hall–Kier alpha value is -2.75. The molecule has 0 fully saturated rings. The van der Waals surface area contributed by atoms with Gasteiger partial charge in [-0.05, 0) is 55.3 Å². The molecule has 0 aliphatic heterocycles. The predicted molar refractivity (Wildman–Crippen MR) is 97.7 cm³/mol. The molecule has 0 radical (unpaired) electrons. The summed E-state index contributed by atoms with van der Waals surface area (Å²) in [4.78, 5) is 12.6. The number of fused-ring (bicyclic) bond motifs is 1. The van der Waals surface area contributed by atoms with Gasteiger partial charge in [-0.15, -0.1) is 0 Å². The quantitative estimate of drug-likeness (QED) is 0.756. The van der Waals surface area contributed by atoms with Gasteiger partial charge in [0.15, 0.2) is 0 Å². The second-order valence-corrected chi connectivity index (χ2v) is 5.86. The van der Waals surface area contributed by atoms with Crippen LogP contribution in [0.3, 0.4) is 0 Å². The minimum Gasteiger partial charge on any atom is -0.497 e. The van der Waals surface area contributed by atoms with E-state index in [1.54, 1.807) is 7.11 Å². The summed E-state index contributed by atoms with van der Waals surface area (Å²) in [6.45, 7) is 4.02. The van der Waals surface area contributed by atoms with Crippen molar-refractivity contribution in [3.63, 3.8) is 0 Å². The standard InChI is InChI=1S/C20H22N2O2/c1-4-15-5-7-17(8-6-15)21-20(23)14(2)22-12-11-16-13-18(24-3)9-10-19(16)22/h5-14H,4H2,1-3H3,(H,21,23). The van der Waals surface area contributed by atoms with Gasteiger partial charge in [-0.25, -0.2) is 0 Å². The summed E-state index contributed by atoms with van der Waals surface area (Å²) >= 11 is 0. The van der Waals surface area contributed by atoms with E-state index < -0.39 is 0 Å². The number of aromatic nitrogens is 1. The largest absolute Gasteiger partial charge is 0.497 e. The second kappa shape index (κ2) is 6.79. The average Bonchev–Trinajstić information content (AvgIpc) is 3.04. The normalized spacial score (nSPS) is 12.1. The zero-order chi connectivity index (χ0) is 17.1. The van der Waals surface area contributed by atoms with E-state index >= 15 is 0 Å². The Balaban J connectivity index is 1.80. The molecule has 1 unspecified atom stereocenters. The molecule has 0 saturated heterocycles. The van der Waals surface area contributed by atoms with Crippen LogP contribution >= 0.6 is 0 Å².